The van der Waals surface area contributed by atoms with Crippen molar-refractivity contribution in [2.24, 2.45) is 5.73 Å². The fourth-order valence-electron chi connectivity index (χ4n) is 2.49. The van der Waals surface area contributed by atoms with Gasteiger partial charge in [0, 0.05) is 11.5 Å². The van der Waals surface area contributed by atoms with Crippen LogP contribution in [0.2, 0.25) is 0 Å². The second-order valence-corrected chi connectivity index (χ2v) is 10.3. The molecule has 0 saturated carbocycles. The number of amides is 1. The number of esters is 1. The van der Waals surface area contributed by atoms with Crippen LogP contribution in [-0.2, 0) is 14.3 Å². The number of thioether (sulfide) groups is 2. The van der Waals surface area contributed by atoms with Gasteiger partial charge in [-0.3, -0.25) is 9.69 Å². The molecule has 2 aliphatic rings. The van der Waals surface area contributed by atoms with Gasteiger partial charge in [-0.2, -0.15) is 0 Å². The highest BCUT2D eigenvalue weighted by molar-refractivity contribution is 8.01. The van der Waals surface area contributed by atoms with Crippen LogP contribution in [0.5, 0.6) is 0 Å². The Bertz CT molecular complexity index is 747. The van der Waals surface area contributed by atoms with Crippen molar-refractivity contribution in [1.29, 1.82) is 0 Å². The molecule has 0 aromatic carbocycles. The fourth-order valence-corrected chi connectivity index (χ4v) is 5.74. The van der Waals surface area contributed by atoms with Crippen LogP contribution >= 0.6 is 47.3 Å². The number of aryl methyl sites for hydroxylation is 1. The molecule has 1 fully saturated rings. The van der Waals surface area contributed by atoms with Crippen molar-refractivity contribution in [3.63, 3.8) is 0 Å². The molecule has 0 aliphatic carbocycles. The summed E-state index contributed by atoms with van der Waals surface area (Å²) < 4.78 is 6.36. The largest absolute Gasteiger partial charge is 0.455 e. The normalized spacial score (nSPS) is 22.5. The van der Waals surface area contributed by atoms with Crippen LogP contribution in [0.25, 0.3) is 0 Å². The molecule has 1 unspecified atom stereocenters. The lowest BCUT2D eigenvalue weighted by Crippen LogP contribution is -2.68. The van der Waals surface area contributed by atoms with Crippen molar-refractivity contribution in [1.82, 2.24) is 15.1 Å². The average molecular weight is 437 g/mol. The molecule has 0 spiro atoms. The first-order valence-corrected chi connectivity index (χ1v) is 10.6. The zero-order valence-electron chi connectivity index (χ0n) is 14.8. The molecule has 2 atom stereocenters. The summed E-state index contributed by atoms with van der Waals surface area (Å²) in [7, 11) is 0. The monoisotopic (exact) mass is 436 g/mol. The van der Waals surface area contributed by atoms with Gasteiger partial charge < -0.3 is 10.5 Å². The molecule has 7 nitrogen and oxygen atoms in total. The van der Waals surface area contributed by atoms with Crippen molar-refractivity contribution in [3.8, 4) is 0 Å². The number of rotatable bonds is 4. The molecule has 1 amide bonds. The minimum absolute atomic E-state index is 0. The van der Waals surface area contributed by atoms with E-state index >= 15 is 0 Å². The molecule has 3 heterocycles. The van der Waals surface area contributed by atoms with E-state index in [9.17, 15) is 9.59 Å². The number of carbonyl (C=O) groups excluding carboxylic acids is 2. The number of ether oxygens (including phenoxy) is 1. The number of fused-ring (bicyclic) bond motifs is 1. The van der Waals surface area contributed by atoms with Crippen LogP contribution in [0, 0.1) is 6.92 Å². The number of β-lactam (4-membered cyclic amide) rings is 1. The third-order valence-electron chi connectivity index (χ3n) is 3.56. The topological polar surface area (TPSA) is 98.4 Å². The van der Waals surface area contributed by atoms with Crippen LogP contribution in [0.3, 0.4) is 0 Å². The molecular formula is C15H21ClN4O3S3. The van der Waals surface area contributed by atoms with Crippen LogP contribution in [0.15, 0.2) is 15.6 Å². The Morgan fingerprint density at radius 1 is 1.42 bits per heavy atom. The number of carbonyl (C=O) groups is 2. The lowest BCUT2D eigenvalue weighted by atomic mass is 10.0. The van der Waals surface area contributed by atoms with Crippen LogP contribution in [0.1, 0.15) is 25.8 Å². The van der Waals surface area contributed by atoms with Gasteiger partial charge in [0.15, 0.2) is 4.34 Å². The maximum Gasteiger partial charge on any atom is 0.355 e. The maximum atomic E-state index is 12.7. The van der Waals surface area contributed by atoms with Crippen LogP contribution < -0.4 is 5.73 Å². The van der Waals surface area contributed by atoms with E-state index in [1.54, 1.807) is 11.8 Å². The Kier molecular flexibility index (Phi) is 6.66. The van der Waals surface area contributed by atoms with Crippen LogP contribution in [-0.4, -0.2) is 55.5 Å². The molecule has 2 aliphatic heterocycles. The van der Waals surface area contributed by atoms with Gasteiger partial charge in [-0.1, -0.05) is 23.1 Å². The Morgan fingerprint density at radius 3 is 2.69 bits per heavy atom. The average Bonchev–Trinajstić information content (AvgIpc) is 2.95. The van der Waals surface area contributed by atoms with E-state index in [0.29, 0.717) is 17.2 Å². The summed E-state index contributed by atoms with van der Waals surface area (Å²) in [6, 6.07) is -0.553. The molecule has 0 bridgehead atoms. The van der Waals surface area contributed by atoms with E-state index in [2.05, 4.69) is 10.2 Å². The Morgan fingerprint density at radius 2 is 2.12 bits per heavy atom. The van der Waals surface area contributed by atoms with E-state index in [1.807, 2.05) is 27.7 Å². The summed E-state index contributed by atoms with van der Waals surface area (Å²) in [5.74, 6) is 0.498. The quantitative estimate of drug-likeness (QED) is 0.435. The highest BCUT2D eigenvalue weighted by Crippen LogP contribution is 2.41. The molecule has 1 aromatic heterocycles. The number of hydrogen-bond acceptors (Lipinski definition) is 9. The predicted molar refractivity (Wildman–Crippen MR) is 107 cm³/mol. The van der Waals surface area contributed by atoms with Gasteiger partial charge in [-0.15, -0.1) is 34.4 Å². The van der Waals surface area contributed by atoms with Crippen molar-refractivity contribution in [2.75, 3.05) is 11.5 Å². The first-order valence-electron chi connectivity index (χ1n) is 7.76. The van der Waals surface area contributed by atoms with Gasteiger partial charge in [0.2, 0.25) is 5.91 Å². The Hall–Kier alpha value is -0.810. The SMILES string of the molecule is Cc1nnc(SCC2=C(C(=O)OC(C)(C)C)N3C(=O)C(N)[C@H]3SC2)s1.Cl. The lowest BCUT2D eigenvalue weighted by molar-refractivity contribution is -0.157. The van der Waals surface area contributed by atoms with Crippen molar-refractivity contribution in [3.05, 3.63) is 16.3 Å². The third kappa shape index (κ3) is 4.36. The summed E-state index contributed by atoms with van der Waals surface area (Å²) in [6.07, 6.45) is 0. The van der Waals surface area contributed by atoms with Crippen molar-refractivity contribution in [2.45, 2.75) is 49.1 Å². The molecule has 26 heavy (non-hydrogen) atoms. The van der Waals surface area contributed by atoms with E-state index in [4.69, 9.17) is 10.5 Å². The fraction of sp³-hybridized carbons (Fsp3) is 0.600. The summed E-state index contributed by atoms with van der Waals surface area (Å²) in [6.45, 7) is 7.32. The number of aromatic nitrogens is 2. The van der Waals surface area contributed by atoms with E-state index < -0.39 is 17.6 Å². The van der Waals surface area contributed by atoms with Gasteiger partial charge in [-0.05, 0) is 33.3 Å². The number of nitrogens with zero attached hydrogens (tertiary/aromatic N) is 3. The maximum absolute atomic E-state index is 12.7. The highest BCUT2D eigenvalue weighted by Gasteiger charge is 2.52. The van der Waals surface area contributed by atoms with Gasteiger partial charge >= 0.3 is 5.97 Å². The minimum atomic E-state index is -0.630. The summed E-state index contributed by atoms with van der Waals surface area (Å²) in [5, 5.41) is 8.79. The van der Waals surface area contributed by atoms with Crippen LogP contribution in [0.4, 0.5) is 0 Å². The molecule has 144 valence electrons. The van der Waals surface area contributed by atoms with E-state index in [-0.39, 0.29) is 23.7 Å². The second-order valence-electron chi connectivity index (χ2n) is 6.77. The number of halogens is 1. The standard InChI is InChI=1S/C15H20N4O3S3.ClH/c1-7-17-18-14(25-7)24-6-8-5-23-12-9(16)11(20)19(12)10(8)13(21)22-15(2,3)4;/h9,12H,5-6,16H2,1-4H3;1H/t9?,12-;/m1./s1. The minimum Gasteiger partial charge on any atom is -0.455 e. The zero-order valence-corrected chi connectivity index (χ0v) is 18.1. The molecule has 11 heteroatoms. The third-order valence-corrected chi connectivity index (χ3v) is 6.98. The van der Waals surface area contributed by atoms with Gasteiger partial charge in [0.05, 0.1) is 0 Å². The van der Waals surface area contributed by atoms with Crippen molar-refractivity contribution >= 4 is 59.1 Å². The van der Waals surface area contributed by atoms with E-state index in [1.165, 1.54) is 28.0 Å². The first kappa shape index (κ1) is 21.5. The predicted octanol–water partition coefficient (Wildman–Crippen LogP) is 2.20. The summed E-state index contributed by atoms with van der Waals surface area (Å²) in [4.78, 5) is 26.4. The molecule has 1 aromatic rings. The van der Waals surface area contributed by atoms with Crippen molar-refractivity contribution < 1.29 is 14.3 Å². The Balaban J connectivity index is 0.00000243. The lowest BCUT2D eigenvalue weighted by Gasteiger charge is -2.48. The van der Waals surface area contributed by atoms with E-state index in [0.717, 1.165) is 14.9 Å². The molecular weight excluding hydrogens is 416 g/mol. The second kappa shape index (κ2) is 8.05. The van der Waals surface area contributed by atoms with Gasteiger partial charge in [0.25, 0.3) is 0 Å². The number of hydrogen-bond donors (Lipinski definition) is 1. The number of nitrogens with two attached hydrogens (primary N) is 1. The molecule has 1 saturated heterocycles. The summed E-state index contributed by atoms with van der Waals surface area (Å²) in [5.41, 5.74) is 6.46. The molecule has 3 rings (SSSR count). The highest BCUT2D eigenvalue weighted by atomic mass is 35.5. The molecule has 2 N–H and O–H groups in total. The van der Waals surface area contributed by atoms with Gasteiger partial charge in [0.1, 0.15) is 27.7 Å². The Labute approximate surface area is 170 Å². The van der Waals surface area contributed by atoms with Gasteiger partial charge in [-0.25, -0.2) is 4.79 Å². The summed E-state index contributed by atoms with van der Waals surface area (Å²) >= 11 is 4.60. The smallest absolute Gasteiger partial charge is 0.355 e. The molecule has 0 radical (unpaired) electrons. The zero-order chi connectivity index (χ0) is 18.4. The first-order chi connectivity index (χ1) is 11.7.